The number of aromatic nitrogens is 3. The number of aliphatic hydroxyl groups is 1. The van der Waals surface area contributed by atoms with Crippen molar-refractivity contribution in [3.8, 4) is 22.7 Å². The van der Waals surface area contributed by atoms with Gasteiger partial charge in [-0.15, -0.1) is 0 Å². The molecule has 0 fully saturated rings. The Balaban J connectivity index is 0.000000855. The Bertz CT molecular complexity index is 854. The molecule has 3 aromatic rings. The topological polar surface area (TPSA) is 118 Å². The van der Waals surface area contributed by atoms with Gasteiger partial charge in [-0.25, -0.2) is 9.78 Å². The Hall–Kier alpha value is -3.26. The number of hydrogen-bond donors (Lipinski definition) is 2. The van der Waals surface area contributed by atoms with Crippen molar-refractivity contribution in [2.24, 2.45) is 0 Å². The molecule has 0 spiro atoms. The summed E-state index contributed by atoms with van der Waals surface area (Å²) < 4.78 is 10.3. The smallest absolute Gasteiger partial charge is 0.375 e. The van der Waals surface area contributed by atoms with Crippen molar-refractivity contribution >= 4 is 12.3 Å². The van der Waals surface area contributed by atoms with Gasteiger partial charge in [0.15, 0.2) is 6.29 Å². The second-order valence-corrected chi connectivity index (χ2v) is 4.66. The number of rotatable bonds is 5. The number of hydrogen-bond acceptors (Lipinski definition) is 7. The minimum Gasteiger partial charge on any atom is -0.460 e. The predicted molar refractivity (Wildman–Crippen MR) is 100 cm³/mol. The first-order valence-electron chi connectivity index (χ1n) is 8.40. The molecule has 0 aliphatic heterocycles. The van der Waals surface area contributed by atoms with Crippen LogP contribution < -0.4 is 0 Å². The molecule has 2 heterocycles. The average Bonchev–Trinajstić information content (AvgIpc) is 3.41. The number of nitrogens with one attached hydrogen (secondary N) is 1. The Morgan fingerprint density at radius 2 is 1.96 bits per heavy atom. The first kappa shape index (κ1) is 21.8. The highest BCUT2D eigenvalue weighted by molar-refractivity contribution is 5.86. The predicted octanol–water partition coefficient (Wildman–Crippen LogP) is 3.36. The summed E-state index contributed by atoms with van der Waals surface area (Å²) in [6.45, 7) is 5.98. The number of esters is 1. The van der Waals surface area contributed by atoms with Crippen molar-refractivity contribution in [2.75, 3.05) is 13.7 Å². The third-order valence-electron chi connectivity index (χ3n) is 3.11. The fourth-order valence-electron chi connectivity index (χ4n) is 2.06. The Labute approximate surface area is 157 Å². The molecule has 0 aliphatic rings. The highest BCUT2D eigenvalue weighted by atomic mass is 16.5. The Kier molecular flexibility index (Phi) is 9.18. The summed E-state index contributed by atoms with van der Waals surface area (Å²) in [5, 5.41) is 13.7. The molecule has 2 N–H and O–H groups in total. The summed E-state index contributed by atoms with van der Waals surface area (Å²) in [5.41, 5.74) is 2.51. The Morgan fingerprint density at radius 3 is 2.59 bits per heavy atom. The molecule has 8 heteroatoms. The number of aliphatic hydroxyl groups excluding tert-OH is 1. The van der Waals surface area contributed by atoms with E-state index < -0.39 is 5.97 Å². The summed E-state index contributed by atoms with van der Waals surface area (Å²) in [6.07, 6.45) is 2.03. The van der Waals surface area contributed by atoms with Crippen LogP contribution in [0, 0.1) is 0 Å². The van der Waals surface area contributed by atoms with Crippen LogP contribution in [0.2, 0.25) is 0 Å². The van der Waals surface area contributed by atoms with Crippen LogP contribution in [0.15, 0.2) is 40.9 Å². The summed E-state index contributed by atoms with van der Waals surface area (Å²) in [5.74, 6) is -0.193. The largest absolute Gasteiger partial charge is 0.460 e. The van der Waals surface area contributed by atoms with E-state index in [0.717, 1.165) is 12.7 Å². The minimum atomic E-state index is -0.551. The zero-order valence-electron chi connectivity index (χ0n) is 15.7. The van der Waals surface area contributed by atoms with Crippen LogP contribution in [0.25, 0.3) is 22.7 Å². The van der Waals surface area contributed by atoms with Gasteiger partial charge in [-0.3, -0.25) is 9.89 Å². The molecule has 0 saturated heterocycles. The van der Waals surface area contributed by atoms with E-state index in [-0.39, 0.29) is 12.4 Å². The van der Waals surface area contributed by atoms with Crippen LogP contribution in [0.3, 0.4) is 0 Å². The van der Waals surface area contributed by atoms with E-state index in [1.54, 1.807) is 19.1 Å². The maximum Gasteiger partial charge on any atom is 0.375 e. The summed E-state index contributed by atoms with van der Waals surface area (Å²) in [6, 6.07) is 8.92. The van der Waals surface area contributed by atoms with Gasteiger partial charge in [0.1, 0.15) is 0 Å². The normalized spacial score (nSPS) is 9.37. The molecule has 0 unspecified atom stereocenters. The van der Waals surface area contributed by atoms with Gasteiger partial charge in [0.25, 0.3) is 0 Å². The molecule has 0 radical (unpaired) electrons. The summed E-state index contributed by atoms with van der Waals surface area (Å²) in [4.78, 5) is 26.4. The lowest BCUT2D eigenvalue weighted by molar-refractivity contribution is 0.0491. The summed E-state index contributed by atoms with van der Waals surface area (Å²) >= 11 is 0. The Morgan fingerprint density at radius 1 is 1.26 bits per heavy atom. The van der Waals surface area contributed by atoms with E-state index in [1.165, 1.54) is 6.20 Å². The first-order chi connectivity index (χ1) is 13.2. The van der Waals surface area contributed by atoms with Gasteiger partial charge < -0.3 is 14.3 Å². The van der Waals surface area contributed by atoms with E-state index in [0.29, 0.717) is 29.1 Å². The fourth-order valence-corrected chi connectivity index (χ4v) is 2.06. The molecule has 8 nitrogen and oxygen atoms in total. The molecule has 0 bridgehead atoms. The number of H-pyrrole nitrogens is 1. The monoisotopic (exact) mass is 373 g/mol. The van der Waals surface area contributed by atoms with E-state index in [4.69, 9.17) is 14.3 Å². The highest BCUT2D eigenvalue weighted by Crippen LogP contribution is 2.25. The highest BCUT2D eigenvalue weighted by Gasteiger charge is 2.15. The van der Waals surface area contributed by atoms with Crippen LogP contribution >= 0.6 is 0 Å². The van der Waals surface area contributed by atoms with Crippen LogP contribution in [0.1, 0.15) is 41.8 Å². The van der Waals surface area contributed by atoms with E-state index in [2.05, 4.69) is 15.2 Å². The van der Waals surface area contributed by atoms with Crippen LogP contribution in [-0.4, -0.2) is 46.3 Å². The summed E-state index contributed by atoms with van der Waals surface area (Å²) in [7, 11) is 1.00. The van der Waals surface area contributed by atoms with Gasteiger partial charge in [-0.2, -0.15) is 5.10 Å². The molecule has 144 valence electrons. The lowest BCUT2D eigenvalue weighted by Gasteiger charge is -2.00. The van der Waals surface area contributed by atoms with Gasteiger partial charge in [0, 0.05) is 18.2 Å². The number of carbonyl (C=O) groups excluding carboxylic acids is 2. The van der Waals surface area contributed by atoms with Gasteiger partial charge in [-0.05, 0) is 25.1 Å². The molecule has 2 aromatic heterocycles. The molecule has 27 heavy (non-hydrogen) atoms. The van der Waals surface area contributed by atoms with Crippen LogP contribution in [0.4, 0.5) is 0 Å². The zero-order valence-corrected chi connectivity index (χ0v) is 15.7. The third kappa shape index (κ3) is 5.61. The van der Waals surface area contributed by atoms with Gasteiger partial charge >= 0.3 is 5.97 Å². The molecular formula is C19H23N3O5. The second kappa shape index (κ2) is 11.4. The van der Waals surface area contributed by atoms with Crippen molar-refractivity contribution in [2.45, 2.75) is 20.8 Å². The zero-order chi connectivity index (χ0) is 20.2. The molecule has 0 aliphatic carbocycles. The third-order valence-corrected chi connectivity index (χ3v) is 3.11. The lowest BCUT2D eigenvalue weighted by atomic mass is 10.1. The van der Waals surface area contributed by atoms with Crippen molar-refractivity contribution in [3.05, 3.63) is 48.0 Å². The first-order valence-corrected chi connectivity index (χ1v) is 8.40. The molecule has 0 atom stereocenters. The number of carbonyl (C=O) groups is 2. The van der Waals surface area contributed by atoms with Crippen LogP contribution in [-0.2, 0) is 4.74 Å². The number of aldehydes is 1. The number of aromatic amines is 1. The fraction of sp³-hybridized carbons (Fsp3) is 0.263. The number of nitrogens with zero attached hydrogens (tertiary/aromatic N) is 2. The molecule has 3 rings (SSSR count). The number of ether oxygens (including phenoxy) is 1. The SMILES string of the molecule is CC.CCOC(=O)c1cnc(-c2cccc(-c3cc(C=O)[nH]n3)c2)o1.CO. The maximum absolute atomic E-state index is 11.6. The quantitative estimate of drug-likeness (QED) is 0.520. The maximum atomic E-state index is 11.6. The van der Waals surface area contributed by atoms with Gasteiger partial charge in [-0.1, -0.05) is 26.0 Å². The minimum absolute atomic E-state index is 0.0512. The number of benzene rings is 1. The molecule has 0 amide bonds. The van der Waals surface area contributed by atoms with Crippen molar-refractivity contribution < 1.29 is 23.8 Å². The lowest BCUT2D eigenvalue weighted by Crippen LogP contribution is -2.02. The standard InChI is InChI=1S/C16H13N3O4.C2H6.CH4O/c1-2-22-16(21)14-8-17-15(23-14)11-5-3-4-10(6-11)13-7-12(9-20)18-19-13;2*1-2/h3-9H,2H2,1H3,(H,18,19);1-2H3;2H,1H3. The molecule has 0 saturated carbocycles. The molecular weight excluding hydrogens is 350 g/mol. The van der Waals surface area contributed by atoms with E-state index in [1.807, 2.05) is 32.0 Å². The average molecular weight is 373 g/mol. The molecule has 1 aromatic carbocycles. The van der Waals surface area contributed by atoms with Gasteiger partial charge in [0.2, 0.25) is 11.7 Å². The van der Waals surface area contributed by atoms with E-state index >= 15 is 0 Å². The van der Waals surface area contributed by atoms with Crippen LogP contribution in [0.5, 0.6) is 0 Å². The van der Waals surface area contributed by atoms with Gasteiger partial charge in [0.05, 0.1) is 24.2 Å². The second-order valence-electron chi connectivity index (χ2n) is 4.66. The number of oxazole rings is 1. The van der Waals surface area contributed by atoms with E-state index in [9.17, 15) is 9.59 Å². The van der Waals surface area contributed by atoms with Crippen molar-refractivity contribution in [1.29, 1.82) is 0 Å². The van der Waals surface area contributed by atoms with Crippen molar-refractivity contribution in [3.63, 3.8) is 0 Å². The van der Waals surface area contributed by atoms with Crippen molar-refractivity contribution in [1.82, 2.24) is 15.2 Å².